The Balaban J connectivity index is 2.06. The summed E-state index contributed by atoms with van der Waals surface area (Å²) in [5.41, 5.74) is 5.91. The zero-order chi connectivity index (χ0) is 13.8. The molecule has 0 saturated carbocycles. The number of nitrogens with one attached hydrogen (secondary N) is 1. The molecule has 0 spiro atoms. The van der Waals surface area contributed by atoms with Crippen molar-refractivity contribution in [3.05, 3.63) is 52.0 Å². The van der Waals surface area contributed by atoms with E-state index in [2.05, 4.69) is 15.3 Å². The molecule has 8 heteroatoms. The van der Waals surface area contributed by atoms with E-state index in [-0.39, 0.29) is 23.3 Å². The molecule has 0 aliphatic heterocycles. The second-order valence-electron chi connectivity index (χ2n) is 3.70. The van der Waals surface area contributed by atoms with Gasteiger partial charge < -0.3 is 11.1 Å². The molecule has 0 radical (unpaired) electrons. The molecule has 0 fully saturated rings. The van der Waals surface area contributed by atoms with Crippen molar-refractivity contribution >= 4 is 17.5 Å². The molecule has 0 aliphatic carbocycles. The van der Waals surface area contributed by atoms with Crippen molar-refractivity contribution in [1.82, 2.24) is 9.97 Å². The molecular weight excluding hydrogens is 253 g/mol. The Morgan fingerprint density at radius 3 is 2.63 bits per heavy atom. The quantitative estimate of drug-likeness (QED) is 0.642. The van der Waals surface area contributed by atoms with Crippen LogP contribution in [0.5, 0.6) is 0 Å². The lowest BCUT2D eigenvalue weighted by Crippen LogP contribution is -2.07. The molecule has 7 nitrogen and oxygen atoms in total. The molecule has 0 atom stereocenters. The lowest BCUT2D eigenvalue weighted by atomic mass is 10.2. The highest BCUT2D eigenvalue weighted by Gasteiger charge is 2.13. The van der Waals surface area contributed by atoms with E-state index in [9.17, 15) is 14.5 Å². The molecule has 0 amide bonds. The van der Waals surface area contributed by atoms with Crippen molar-refractivity contribution < 1.29 is 9.31 Å². The minimum atomic E-state index is -0.654. The predicted molar refractivity (Wildman–Crippen MR) is 66.8 cm³/mol. The highest BCUT2D eigenvalue weighted by molar-refractivity contribution is 5.53. The maximum absolute atomic E-state index is 12.7. The zero-order valence-electron chi connectivity index (χ0n) is 9.71. The topological polar surface area (TPSA) is 107 Å². The SMILES string of the molecule is Nc1nc(NCc2ccc(F)cc2)ncc1[N+](=O)[O-]. The van der Waals surface area contributed by atoms with Crippen molar-refractivity contribution in [3.63, 3.8) is 0 Å². The number of hydrogen-bond acceptors (Lipinski definition) is 6. The van der Waals surface area contributed by atoms with E-state index in [4.69, 9.17) is 5.73 Å². The van der Waals surface area contributed by atoms with Crippen LogP contribution in [0.1, 0.15) is 5.56 Å². The fraction of sp³-hybridized carbons (Fsp3) is 0.0909. The molecular formula is C11H10FN5O2. The lowest BCUT2D eigenvalue weighted by Gasteiger charge is -2.05. The average molecular weight is 263 g/mol. The first-order valence-electron chi connectivity index (χ1n) is 5.31. The van der Waals surface area contributed by atoms with Crippen molar-refractivity contribution in [2.45, 2.75) is 6.54 Å². The molecule has 0 unspecified atom stereocenters. The van der Waals surface area contributed by atoms with Gasteiger partial charge in [-0.2, -0.15) is 4.98 Å². The van der Waals surface area contributed by atoms with Gasteiger partial charge in [0.1, 0.15) is 12.0 Å². The van der Waals surface area contributed by atoms with E-state index in [1.165, 1.54) is 12.1 Å². The highest BCUT2D eigenvalue weighted by Crippen LogP contribution is 2.18. The molecule has 2 rings (SSSR count). The number of anilines is 2. The smallest absolute Gasteiger partial charge is 0.329 e. The number of nitro groups is 1. The van der Waals surface area contributed by atoms with Crippen LogP contribution in [-0.2, 0) is 6.54 Å². The van der Waals surface area contributed by atoms with E-state index >= 15 is 0 Å². The van der Waals surface area contributed by atoms with Gasteiger partial charge in [-0.15, -0.1) is 0 Å². The number of aromatic nitrogens is 2. The number of rotatable bonds is 4. The number of nitrogens with two attached hydrogens (primary N) is 1. The van der Waals surface area contributed by atoms with Crippen LogP contribution in [-0.4, -0.2) is 14.9 Å². The van der Waals surface area contributed by atoms with E-state index in [1.807, 2.05) is 0 Å². The number of hydrogen-bond donors (Lipinski definition) is 2. The van der Waals surface area contributed by atoms with Gasteiger partial charge in [0.15, 0.2) is 0 Å². The minimum absolute atomic E-state index is 0.174. The molecule has 1 aromatic carbocycles. The number of halogens is 1. The molecule has 98 valence electrons. The summed E-state index contributed by atoms with van der Waals surface area (Å²) in [6.45, 7) is 0.359. The predicted octanol–water partition coefficient (Wildman–Crippen LogP) is 1.72. The van der Waals surface area contributed by atoms with Gasteiger partial charge in [0, 0.05) is 6.54 Å². The maximum Gasteiger partial charge on any atom is 0.329 e. The Kier molecular flexibility index (Phi) is 3.51. The van der Waals surface area contributed by atoms with Gasteiger partial charge in [0.05, 0.1) is 4.92 Å². The molecule has 0 bridgehead atoms. The fourth-order valence-electron chi connectivity index (χ4n) is 1.40. The van der Waals surface area contributed by atoms with Crippen LogP contribution in [0.15, 0.2) is 30.5 Å². The van der Waals surface area contributed by atoms with E-state index < -0.39 is 4.92 Å². The Hall–Kier alpha value is -2.77. The summed E-state index contributed by atoms with van der Waals surface area (Å²) >= 11 is 0. The van der Waals surface area contributed by atoms with Crippen molar-refractivity contribution in [2.75, 3.05) is 11.1 Å². The summed E-state index contributed by atoms with van der Waals surface area (Å²) in [7, 11) is 0. The summed E-state index contributed by atoms with van der Waals surface area (Å²) in [6.07, 6.45) is 1.04. The van der Waals surface area contributed by atoms with E-state index in [1.54, 1.807) is 12.1 Å². The van der Waals surface area contributed by atoms with Crippen LogP contribution in [0, 0.1) is 15.9 Å². The molecule has 1 heterocycles. The Morgan fingerprint density at radius 2 is 2.05 bits per heavy atom. The monoisotopic (exact) mass is 263 g/mol. The molecule has 19 heavy (non-hydrogen) atoms. The normalized spacial score (nSPS) is 10.2. The summed E-state index contributed by atoms with van der Waals surface area (Å²) < 4.78 is 12.7. The largest absolute Gasteiger partial charge is 0.378 e. The third-order valence-corrected chi connectivity index (χ3v) is 2.36. The molecule has 3 N–H and O–H groups in total. The maximum atomic E-state index is 12.7. The van der Waals surface area contributed by atoms with E-state index in [0.717, 1.165) is 11.8 Å². The fourth-order valence-corrected chi connectivity index (χ4v) is 1.40. The van der Waals surface area contributed by atoms with Gasteiger partial charge in [-0.05, 0) is 17.7 Å². The van der Waals surface area contributed by atoms with Gasteiger partial charge in [0.25, 0.3) is 0 Å². The number of nitrogen functional groups attached to an aromatic ring is 1. The van der Waals surface area contributed by atoms with Crippen LogP contribution in [0.25, 0.3) is 0 Å². The van der Waals surface area contributed by atoms with Crippen LogP contribution in [0.4, 0.5) is 21.8 Å². The lowest BCUT2D eigenvalue weighted by molar-refractivity contribution is -0.384. The zero-order valence-corrected chi connectivity index (χ0v) is 9.71. The van der Waals surface area contributed by atoms with Crippen LogP contribution < -0.4 is 11.1 Å². The van der Waals surface area contributed by atoms with Gasteiger partial charge in [-0.25, -0.2) is 9.37 Å². The Labute approximate surface area is 107 Å². The molecule has 0 saturated heterocycles. The molecule has 2 aromatic rings. The van der Waals surface area contributed by atoms with Crippen molar-refractivity contribution in [2.24, 2.45) is 0 Å². The third kappa shape index (κ3) is 3.12. The van der Waals surface area contributed by atoms with Crippen LogP contribution in [0.2, 0.25) is 0 Å². The summed E-state index contributed by atoms with van der Waals surface area (Å²) in [5.74, 6) is -0.353. The van der Waals surface area contributed by atoms with Gasteiger partial charge in [-0.3, -0.25) is 10.1 Å². The van der Waals surface area contributed by atoms with Gasteiger partial charge >= 0.3 is 5.69 Å². The molecule has 0 aliphatic rings. The average Bonchev–Trinajstić information content (AvgIpc) is 2.37. The summed E-state index contributed by atoms with van der Waals surface area (Å²) in [6, 6.07) is 5.89. The summed E-state index contributed by atoms with van der Waals surface area (Å²) in [5, 5.41) is 13.4. The third-order valence-electron chi connectivity index (χ3n) is 2.36. The summed E-state index contributed by atoms with van der Waals surface area (Å²) in [4.78, 5) is 17.4. The van der Waals surface area contributed by atoms with Crippen LogP contribution in [0.3, 0.4) is 0 Å². The number of benzene rings is 1. The minimum Gasteiger partial charge on any atom is -0.378 e. The first-order chi connectivity index (χ1) is 9.06. The molecule has 1 aromatic heterocycles. The first-order valence-corrected chi connectivity index (χ1v) is 5.31. The Morgan fingerprint density at radius 1 is 1.37 bits per heavy atom. The second-order valence-corrected chi connectivity index (χ2v) is 3.70. The number of nitrogens with zero attached hydrogens (tertiary/aromatic N) is 3. The van der Waals surface area contributed by atoms with Crippen molar-refractivity contribution in [1.29, 1.82) is 0 Å². The highest BCUT2D eigenvalue weighted by atomic mass is 19.1. The van der Waals surface area contributed by atoms with Gasteiger partial charge in [0.2, 0.25) is 11.8 Å². The standard InChI is InChI=1S/C11H10FN5O2/c12-8-3-1-7(2-4-8)5-14-11-15-6-9(17(18)19)10(13)16-11/h1-4,6H,5H2,(H3,13,14,15,16). The van der Waals surface area contributed by atoms with E-state index in [0.29, 0.717) is 6.54 Å². The first kappa shape index (κ1) is 12.7. The van der Waals surface area contributed by atoms with Gasteiger partial charge in [-0.1, -0.05) is 12.1 Å². The Bertz CT molecular complexity index is 603. The second kappa shape index (κ2) is 5.25. The van der Waals surface area contributed by atoms with Crippen molar-refractivity contribution in [3.8, 4) is 0 Å². The van der Waals surface area contributed by atoms with Crippen LogP contribution >= 0.6 is 0 Å².